The molecule has 1 aliphatic rings. The highest BCUT2D eigenvalue weighted by molar-refractivity contribution is 7.15. The van der Waals surface area contributed by atoms with Gasteiger partial charge >= 0.3 is 0 Å². The molecule has 1 aliphatic carbocycles. The molecule has 0 radical (unpaired) electrons. The summed E-state index contributed by atoms with van der Waals surface area (Å²) in [6.45, 7) is 7.72. The Balaban J connectivity index is 1.83. The van der Waals surface area contributed by atoms with Crippen molar-refractivity contribution in [2.75, 3.05) is 6.54 Å². The Hall–Kier alpha value is -1.19. The number of aromatic nitrogens is 1. The second-order valence-corrected chi connectivity index (χ2v) is 8.00. The molecule has 1 aromatic heterocycles. The van der Waals surface area contributed by atoms with Gasteiger partial charge in [0.15, 0.2) is 0 Å². The smallest absolute Gasteiger partial charge is 0.123 e. The number of rotatable bonds is 3. The minimum atomic E-state index is 0.176. The van der Waals surface area contributed by atoms with Crippen molar-refractivity contribution in [1.82, 2.24) is 10.3 Å². The molecule has 0 fully saturated rings. The molecular weight excluding hydrogens is 276 g/mol. The Morgan fingerprint density at radius 3 is 2.71 bits per heavy atom. The molecule has 1 heterocycles. The van der Waals surface area contributed by atoms with Crippen LogP contribution >= 0.6 is 11.3 Å². The predicted octanol–water partition coefficient (Wildman–Crippen LogP) is 4.62. The number of nitrogens with zero attached hydrogens (tertiary/aromatic N) is 1. The minimum absolute atomic E-state index is 0.176. The lowest BCUT2D eigenvalue weighted by Gasteiger charge is -2.27. The minimum Gasteiger partial charge on any atom is -0.311 e. The zero-order valence-corrected chi connectivity index (χ0v) is 14.0. The molecule has 112 valence electrons. The van der Waals surface area contributed by atoms with Gasteiger partial charge in [0.2, 0.25) is 0 Å². The van der Waals surface area contributed by atoms with Crippen LogP contribution in [0.15, 0.2) is 30.3 Å². The zero-order chi connectivity index (χ0) is 14.9. The van der Waals surface area contributed by atoms with Crippen LogP contribution < -0.4 is 5.32 Å². The van der Waals surface area contributed by atoms with Gasteiger partial charge in [-0.15, -0.1) is 11.3 Å². The molecular formula is C18H24N2S. The van der Waals surface area contributed by atoms with Gasteiger partial charge in [-0.25, -0.2) is 4.98 Å². The fourth-order valence-corrected chi connectivity index (χ4v) is 4.03. The highest BCUT2D eigenvalue weighted by Gasteiger charge is 2.26. The number of benzene rings is 1. The highest BCUT2D eigenvalue weighted by Crippen LogP contribution is 2.38. The molecule has 0 saturated carbocycles. The van der Waals surface area contributed by atoms with Crippen LogP contribution in [0, 0.1) is 0 Å². The van der Waals surface area contributed by atoms with Crippen LogP contribution in [0.1, 0.15) is 50.1 Å². The number of hydrogen-bond acceptors (Lipinski definition) is 3. The van der Waals surface area contributed by atoms with E-state index in [1.807, 2.05) is 11.3 Å². The summed E-state index contributed by atoms with van der Waals surface area (Å²) in [5.41, 5.74) is 2.77. The lowest BCUT2D eigenvalue weighted by molar-refractivity contribution is 0.388. The Bertz CT molecular complexity index is 595. The normalized spacial score (nSPS) is 18.5. The molecule has 1 N–H and O–H groups in total. The summed E-state index contributed by atoms with van der Waals surface area (Å²) in [7, 11) is 0. The SMILES string of the molecule is CC(C)(C)NCC1CCCc2sc(-c3ccccc3)nc21. The number of hydrogen-bond donors (Lipinski definition) is 1. The van der Waals surface area contributed by atoms with Crippen LogP contribution in [0.3, 0.4) is 0 Å². The summed E-state index contributed by atoms with van der Waals surface area (Å²) < 4.78 is 0. The van der Waals surface area contributed by atoms with E-state index in [4.69, 9.17) is 4.98 Å². The van der Waals surface area contributed by atoms with Gasteiger partial charge in [-0.2, -0.15) is 0 Å². The van der Waals surface area contributed by atoms with E-state index in [-0.39, 0.29) is 5.54 Å². The molecule has 2 aromatic rings. The van der Waals surface area contributed by atoms with Gasteiger partial charge in [0, 0.05) is 28.4 Å². The van der Waals surface area contributed by atoms with Gasteiger partial charge in [0.1, 0.15) is 5.01 Å². The number of aryl methyl sites for hydroxylation is 1. The summed E-state index contributed by atoms with van der Waals surface area (Å²) in [6, 6.07) is 10.6. The maximum atomic E-state index is 4.98. The molecule has 21 heavy (non-hydrogen) atoms. The second-order valence-electron chi connectivity index (χ2n) is 6.91. The monoisotopic (exact) mass is 300 g/mol. The molecule has 0 amide bonds. The number of thiazole rings is 1. The lowest BCUT2D eigenvalue weighted by Crippen LogP contribution is -2.39. The van der Waals surface area contributed by atoms with Crippen LogP contribution in [0.5, 0.6) is 0 Å². The maximum absolute atomic E-state index is 4.98. The maximum Gasteiger partial charge on any atom is 0.123 e. The molecule has 0 saturated heterocycles. The van der Waals surface area contributed by atoms with E-state index in [0.29, 0.717) is 5.92 Å². The molecule has 3 heteroatoms. The Morgan fingerprint density at radius 2 is 2.00 bits per heavy atom. The van der Waals surface area contributed by atoms with Crippen molar-refractivity contribution < 1.29 is 0 Å². The van der Waals surface area contributed by atoms with Crippen molar-refractivity contribution in [3.8, 4) is 10.6 Å². The van der Waals surface area contributed by atoms with Gasteiger partial charge in [0.25, 0.3) is 0 Å². The van der Waals surface area contributed by atoms with E-state index >= 15 is 0 Å². The Kier molecular flexibility index (Phi) is 4.14. The first-order chi connectivity index (χ1) is 10.0. The number of fused-ring (bicyclic) bond motifs is 1. The Morgan fingerprint density at radius 1 is 1.24 bits per heavy atom. The largest absolute Gasteiger partial charge is 0.311 e. The first kappa shape index (κ1) is 14.7. The van der Waals surface area contributed by atoms with Crippen molar-refractivity contribution in [3.63, 3.8) is 0 Å². The van der Waals surface area contributed by atoms with E-state index in [1.54, 1.807) is 0 Å². The topological polar surface area (TPSA) is 24.9 Å². The summed E-state index contributed by atoms with van der Waals surface area (Å²) in [6.07, 6.45) is 3.75. The fourth-order valence-electron chi connectivity index (χ4n) is 2.84. The van der Waals surface area contributed by atoms with Crippen LogP contribution in [0.2, 0.25) is 0 Å². The molecule has 1 atom stereocenters. The van der Waals surface area contributed by atoms with E-state index in [1.165, 1.54) is 40.4 Å². The van der Waals surface area contributed by atoms with Gasteiger partial charge in [-0.3, -0.25) is 0 Å². The molecule has 0 bridgehead atoms. The van der Waals surface area contributed by atoms with Crippen molar-refractivity contribution in [2.24, 2.45) is 0 Å². The van der Waals surface area contributed by atoms with Crippen LogP contribution in [-0.4, -0.2) is 17.1 Å². The van der Waals surface area contributed by atoms with Crippen LogP contribution in [-0.2, 0) is 6.42 Å². The standard InChI is InChI=1S/C18H24N2S/c1-18(2,3)19-12-14-10-7-11-15-16(14)20-17(21-15)13-8-5-4-6-9-13/h4-6,8-9,14,19H,7,10-12H2,1-3H3. The fraction of sp³-hybridized carbons (Fsp3) is 0.500. The van der Waals surface area contributed by atoms with Crippen molar-refractivity contribution >= 4 is 11.3 Å². The van der Waals surface area contributed by atoms with Gasteiger partial charge in [-0.05, 0) is 40.0 Å². The molecule has 1 aromatic carbocycles. The van der Waals surface area contributed by atoms with Gasteiger partial charge in [-0.1, -0.05) is 30.3 Å². The van der Waals surface area contributed by atoms with E-state index < -0.39 is 0 Å². The first-order valence-corrected chi connectivity index (χ1v) is 8.64. The highest BCUT2D eigenvalue weighted by atomic mass is 32.1. The lowest BCUT2D eigenvalue weighted by atomic mass is 9.90. The second kappa shape index (κ2) is 5.90. The third kappa shape index (κ3) is 3.53. The summed E-state index contributed by atoms with van der Waals surface area (Å²) >= 11 is 1.89. The molecule has 0 aliphatic heterocycles. The van der Waals surface area contributed by atoms with Gasteiger partial charge < -0.3 is 5.32 Å². The molecule has 3 rings (SSSR count). The zero-order valence-electron chi connectivity index (χ0n) is 13.1. The van der Waals surface area contributed by atoms with Crippen molar-refractivity contribution in [1.29, 1.82) is 0 Å². The van der Waals surface area contributed by atoms with Crippen LogP contribution in [0.4, 0.5) is 0 Å². The van der Waals surface area contributed by atoms with Gasteiger partial charge in [0.05, 0.1) is 5.69 Å². The summed E-state index contributed by atoms with van der Waals surface area (Å²) in [4.78, 5) is 6.48. The van der Waals surface area contributed by atoms with Crippen molar-refractivity contribution in [2.45, 2.75) is 51.5 Å². The average Bonchev–Trinajstić information content (AvgIpc) is 2.89. The Labute approximate surface area is 131 Å². The summed E-state index contributed by atoms with van der Waals surface area (Å²) in [5.74, 6) is 0.571. The molecule has 0 spiro atoms. The first-order valence-electron chi connectivity index (χ1n) is 7.83. The van der Waals surface area contributed by atoms with E-state index in [9.17, 15) is 0 Å². The molecule has 1 unspecified atom stereocenters. The van der Waals surface area contributed by atoms with E-state index in [2.05, 4.69) is 56.4 Å². The molecule has 2 nitrogen and oxygen atoms in total. The quantitative estimate of drug-likeness (QED) is 0.894. The third-order valence-corrected chi connectivity index (χ3v) is 5.15. The predicted molar refractivity (Wildman–Crippen MR) is 91.0 cm³/mol. The third-order valence-electron chi connectivity index (χ3n) is 3.97. The number of nitrogens with one attached hydrogen (secondary N) is 1. The van der Waals surface area contributed by atoms with E-state index in [0.717, 1.165) is 6.54 Å². The summed E-state index contributed by atoms with van der Waals surface area (Å²) in [5, 5.41) is 4.83. The average molecular weight is 300 g/mol. The van der Waals surface area contributed by atoms with Crippen LogP contribution in [0.25, 0.3) is 10.6 Å². The van der Waals surface area contributed by atoms with Crippen molar-refractivity contribution in [3.05, 3.63) is 40.9 Å².